The van der Waals surface area contributed by atoms with Crippen LogP contribution in [0.3, 0.4) is 0 Å². The fourth-order valence-corrected chi connectivity index (χ4v) is 4.70. The van der Waals surface area contributed by atoms with Crippen molar-refractivity contribution in [1.82, 2.24) is 24.9 Å². The van der Waals surface area contributed by atoms with Crippen molar-refractivity contribution in [2.45, 2.75) is 51.5 Å². The number of hydrogen-bond acceptors (Lipinski definition) is 4. The largest absolute Gasteiger partial charge is 0.355 e. The van der Waals surface area contributed by atoms with E-state index in [1.807, 2.05) is 11.9 Å². The normalized spacial score (nSPS) is 24.3. The predicted octanol–water partition coefficient (Wildman–Crippen LogP) is 1.07. The monoisotopic (exact) mass is 392 g/mol. The highest BCUT2D eigenvalue weighted by Crippen LogP contribution is 2.14. The van der Waals surface area contributed by atoms with Gasteiger partial charge in [-0.2, -0.15) is 0 Å². The molecule has 1 N–H and O–H groups in total. The molecule has 1 amide bonds. The highest BCUT2D eigenvalue weighted by atomic mass is 16.2. The number of piperazine rings is 1. The molecule has 0 aromatic heterocycles. The first-order valence-corrected chi connectivity index (χ1v) is 11.4. The van der Waals surface area contributed by atoms with Crippen LogP contribution in [0.1, 0.15) is 45.4 Å². The van der Waals surface area contributed by atoms with Crippen molar-refractivity contribution in [3.63, 3.8) is 0 Å². The predicted molar refractivity (Wildman–Crippen MR) is 115 cm³/mol. The second kappa shape index (κ2) is 11.0. The van der Waals surface area contributed by atoms with E-state index in [4.69, 9.17) is 0 Å². The summed E-state index contributed by atoms with van der Waals surface area (Å²) >= 11 is 0. The Morgan fingerprint density at radius 2 is 1.46 bits per heavy atom. The standard InChI is InChI=1S/C21H40N6O/c1-19(20(28)26-12-7-8-13-26)25-15-17-27(18-16-25)21(22-2)23-9-14-24-10-5-3-4-6-11-24/h19H,3-18H2,1-2H3,(H,22,23). The summed E-state index contributed by atoms with van der Waals surface area (Å²) in [5.41, 5.74) is 0. The topological polar surface area (TPSA) is 54.4 Å². The summed E-state index contributed by atoms with van der Waals surface area (Å²) in [6, 6.07) is -0.00161. The Morgan fingerprint density at radius 3 is 2.07 bits per heavy atom. The van der Waals surface area contributed by atoms with E-state index in [0.29, 0.717) is 5.91 Å². The van der Waals surface area contributed by atoms with Gasteiger partial charge in [0.25, 0.3) is 0 Å². The molecule has 0 aromatic rings. The average Bonchev–Trinajstić information content (AvgIpc) is 3.15. The molecule has 7 heteroatoms. The van der Waals surface area contributed by atoms with Crippen LogP contribution in [-0.2, 0) is 4.79 Å². The third-order valence-electron chi connectivity index (χ3n) is 6.56. The second-order valence-corrected chi connectivity index (χ2v) is 8.46. The molecule has 0 saturated carbocycles. The van der Waals surface area contributed by atoms with Crippen LogP contribution < -0.4 is 5.32 Å². The summed E-state index contributed by atoms with van der Waals surface area (Å²) < 4.78 is 0. The number of carbonyl (C=O) groups is 1. The van der Waals surface area contributed by atoms with Gasteiger partial charge in [-0.3, -0.25) is 14.7 Å². The molecule has 3 aliphatic heterocycles. The van der Waals surface area contributed by atoms with Gasteiger partial charge in [0.1, 0.15) is 0 Å². The fraction of sp³-hybridized carbons (Fsp3) is 0.905. The molecular weight excluding hydrogens is 352 g/mol. The molecule has 3 fully saturated rings. The Hall–Kier alpha value is -1.34. The van der Waals surface area contributed by atoms with E-state index in [2.05, 4.69) is 31.9 Å². The quantitative estimate of drug-likeness (QED) is 0.560. The molecule has 0 radical (unpaired) electrons. The number of hydrogen-bond donors (Lipinski definition) is 1. The molecule has 3 heterocycles. The molecule has 0 bridgehead atoms. The number of amides is 1. The molecule has 0 spiro atoms. The summed E-state index contributed by atoms with van der Waals surface area (Å²) in [6.45, 7) is 12.2. The number of carbonyl (C=O) groups excluding carboxylic acids is 1. The third-order valence-corrected chi connectivity index (χ3v) is 6.56. The SMILES string of the molecule is CN=C(NCCN1CCCCCC1)N1CCN(C(C)C(=O)N2CCCC2)CC1. The van der Waals surface area contributed by atoms with E-state index < -0.39 is 0 Å². The Balaban J connectivity index is 1.39. The highest BCUT2D eigenvalue weighted by molar-refractivity contribution is 5.82. The van der Waals surface area contributed by atoms with Gasteiger partial charge in [-0.1, -0.05) is 12.8 Å². The summed E-state index contributed by atoms with van der Waals surface area (Å²) in [5.74, 6) is 1.32. The minimum atomic E-state index is -0.00161. The van der Waals surface area contributed by atoms with Crippen molar-refractivity contribution >= 4 is 11.9 Å². The summed E-state index contributed by atoms with van der Waals surface area (Å²) in [6.07, 6.45) is 7.76. The zero-order valence-corrected chi connectivity index (χ0v) is 18.0. The van der Waals surface area contributed by atoms with E-state index in [9.17, 15) is 4.79 Å². The maximum absolute atomic E-state index is 12.7. The number of guanidine groups is 1. The van der Waals surface area contributed by atoms with E-state index in [1.165, 1.54) is 38.8 Å². The summed E-state index contributed by atoms with van der Waals surface area (Å²) in [7, 11) is 1.88. The van der Waals surface area contributed by atoms with E-state index >= 15 is 0 Å². The molecule has 1 unspecified atom stereocenters. The Morgan fingerprint density at radius 1 is 0.857 bits per heavy atom. The zero-order valence-electron chi connectivity index (χ0n) is 18.0. The van der Waals surface area contributed by atoms with Crippen LogP contribution in [0.25, 0.3) is 0 Å². The second-order valence-electron chi connectivity index (χ2n) is 8.46. The Kier molecular flexibility index (Phi) is 8.40. The van der Waals surface area contributed by atoms with Gasteiger partial charge in [0.2, 0.25) is 5.91 Å². The average molecular weight is 393 g/mol. The lowest BCUT2D eigenvalue weighted by atomic mass is 10.2. The van der Waals surface area contributed by atoms with Crippen LogP contribution in [0.5, 0.6) is 0 Å². The van der Waals surface area contributed by atoms with Crippen molar-refractivity contribution in [2.24, 2.45) is 4.99 Å². The number of nitrogens with one attached hydrogen (secondary N) is 1. The maximum atomic E-state index is 12.7. The van der Waals surface area contributed by atoms with Gasteiger partial charge in [-0.15, -0.1) is 0 Å². The van der Waals surface area contributed by atoms with Crippen LogP contribution in [0.2, 0.25) is 0 Å². The number of likely N-dealkylation sites (tertiary alicyclic amines) is 2. The number of nitrogens with zero attached hydrogens (tertiary/aromatic N) is 5. The van der Waals surface area contributed by atoms with Gasteiger partial charge in [0.05, 0.1) is 6.04 Å². The molecular formula is C21H40N6O. The van der Waals surface area contributed by atoms with Gasteiger partial charge >= 0.3 is 0 Å². The number of rotatable bonds is 5. The third kappa shape index (κ3) is 5.83. The van der Waals surface area contributed by atoms with Crippen molar-refractivity contribution in [3.8, 4) is 0 Å². The Bertz CT molecular complexity index is 503. The summed E-state index contributed by atoms with van der Waals surface area (Å²) in [5, 5.41) is 3.56. The smallest absolute Gasteiger partial charge is 0.239 e. The van der Waals surface area contributed by atoms with Crippen LogP contribution >= 0.6 is 0 Å². The molecule has 3 saturated heterocycles. The number of aliphatic imine (C=N–C) groups is 1. The molecule has 7 nitrogen and oxygen atoms in total. The molecule has 0 aromatic carbocycles. The lowest BCUT2D eigenvalue weighted by Gasteiger charge is -2.39. The van der Waals surface area contributed by atoms with Crippen molar-refractivity contribution in [2.75, 3.05) is 72.5 Å². The molecule has 28 heavy (non-hydrogen) atoms. The summed E-state index contributed by atoms with van der Waals surface area (Å²) in [4.78, 5) is 26.5. The van der Waals surface area contributed by atoms with Crippen LogP contribution in [0, 0.1) is 0 Å². The molecule has 3 rings (SSSR count). The Labute approximate surface area is 171 Å². The first kappa shape index (κ1) is 21.4. The molecule has 0 aliphatic carbocycles. The van der Waals surface area contributed by atoms with E-state index in [0.717, 1.165) is 71.2 Å². The first-order chi connectivity index (χ1) is 13.7. The van der Waals surface area contributed by atoms with Crippen molar-refractivity contribution in [3.05, 3.63) is 0 Å². The highest BCUT2D eigenvalue weighted by Gasteiger charge is 2.30. The minimum absolute atomic E-state index is 0.00161. The van der Waals surface area contributed by atoms with E-state index in [1.54, 1.807) is 0 Å². The lowest BCUT2D eigenvalue weighted by Crippen LogP contribution is -2.57. The zero-order chi connectivity index (χ0) is 19.8. The molecule has 160 valence electrons. The van der Waals surface area contributed by atoms with Crippen LogP contribution in [-0.4, -0.2) is 110 Å². The fourth-order valence-electron chi connectivity index (χ4n) is 4.70. The van der Waals surface area contributed by atoms with Crippen LogP contribution in [0.4, 0.5) is 0 Å². The van der Waals surface area contributed by atoms with Crippen molar-refractivity contribution in [1.29, 1.82) is 0 Å². The van der Waals surface area contributed by atoms with Gasteiger partial charge < -0.3 is 20.0 Å². The maximum Gasteiger partial charge on any atom is 0.239 e. The molecule has 3 aliphatic rings. The first-order valence-electron chi connectivity index (χ1n) is 11.4. The van der Waals surface area contributed by atoms with Crippen LogP contribution in [0.15, 0.2) is 4.99 Å². The van der Waals surface area contributed by atoms with Crippen molar-refractivity contribution < 1.29 is 4.79 Å². The van der Waals surface area contributed by atoms with E-state index in [-0.39, 0.29) is 6.04 Å². The lowest BCUT2D eigenvalue weighted by molar-refractivity contribution is -0.135. The van der Waals surface area contributed by atoms with Gasteiger partial charge in [0.15, 0.2) is 5.96 Å². The minimum Gasteiger partial charge on any atom is -0.355 e. The van der Waals surface area contributed by atoms with Gasteiger partial charge in [-0.25, -0.2) is 0 Å². The van der Waals surface area contributed by atoms with Gasteiger partial charge in [-0.05, 0) is 45.7 Å². The molecule has 1 atom stereocenters. The van der Waals surface area contributed by atoms with Gasteiger partial charge in [0, 0.05) is 59.4 Å².